The number of anilines is 1. The maximum atomic E-state index is 11.7. The maximum Gasteiger partial charge on any atom is 0.288 e. The first kappa shape index (κ1) is 17.9. The van der Waals surface area contributed by atoms with Gasteiger partial charge in [0.15, 0.2) is 9.84 Å². The summed E-state index contributed by atoms with van der Waals surface area (Å²) < 4.78 is 28.5. The van der Waals surface area contributed by atoms with Crippen LogP contribution in [0.15, 0.2) is 27.6 Å². The Morgan fingerprint density at radius 1 is 1.33 bits per heavy atom. The number of nitro benzene ring substituents is 1. The lowest BCUT2D eigenvalue weighted by Gasteiger charge is -2.08. The summed E-state index contributed by atoms with van der Waals surface area (Å²) >= 11 is 0. The van der Waals surface area contributed by atoms with Crippen LogP contribution < -0.4 is 5.32 Å². The van der Waals surface area contributed by atoms with Crippen LogP contribution in [0.5, 0.6) is 0 Å². The van der Waals surface area contributed by atoms with Gasteiger partial charge >= 0.3 is 0 Å². The second kappa shape index (κ2) is 7.00. The highest BCUT2D eigenvalue weighted by molar-refractivity contribution is 7.90. The van der Waals surface area contributed by atoms with Crippen LogP contribution in [-0.4, -0.2) is 31.3 Å². The van der Waals surface area contributed by atoms with Crippen molar-refractivity contribution in [2.75, 3.05) is 18.1 Å². The molecule has 0 aliphatic heterocycles. The average Bonchev–Trinajstić information content (AvgIpc) is 2.81. The minimum absolute atomic E-state index is 0.289. The van der Waals surface area contributed by atoms with Crippen molar-refractivity contribution < 1.29 is 17.9 Å². The molecule has 0 atom stereocenters. The lowest BCUT2D eigenvalue weighted by Crippen LogP contribution is -2.07. The van der Waals surface area contributed by atoms with Gasteiger partial charge in [-0.15, -0.1) is 0 Å². The van der Waals surface area contributed by atoms with Gasteiger partial charge in [0, 0.05) is 30.1 Å². The molecular formula is C15H19N3O5S. The van der Waals surface area contributed by atoms with Gasteiger partial charge in [-0.25, -0.2) is 8.42 Å². The molecule has 0 aliphatic carbocycles. The van der Waals surface area contributed by atoms with Crippen molar-refractivity contribution in [3.8, 4) is 0 Å². The summed E-state index contributed by atoms with van der Waals surface area (Å²) in [6, 6.07) is 4.00. The van der Waals surface area contributed by atoms with E-state index in [1.807, 2.05) is 13.8 Å². The van der Waals surface area contributed by atoms with E-state index in [-0.39, 0.29) is 4.90 Å². The van der Waals surface area contributed by atoms with Crippen LogP contribution in [0.25, 0.3) is 0 Å². The first-order valence-electron chi connectivity index (χ1n) is 7.34. The zero-order valence-corrected chi connectivity index (χ0v) is 14.5. The third-order valence-corrected chi connectivity index (χ3v) is 4.80. The molecule has 0 fully saturated rings. The molecule has 0 saturated carbocycles. The van der Waals surface area contributed by atoms with Crippen molar-refractivity contribution in [3.05, 3.63) is 45.3 Å². The Bertz CT molecular complexity index is 838. The van der Waals surface area contributed by atoms with Gasteiger partial charge in [0.25, 0.3) is 5.69 Å². The fourth-order valence-corrected chi connectivity index (χ4v) is 3.29. The van der Waals surface area contributed by atoms with E-state index >= 15 is 0 Å². The molecule has 0 radical (unpaired) electrons. The van der Waals surface area contributed by atoms with Crippen molar-refractivity contribution >= 4 is 21.2 Å². The van der Waals surface area contributed by atoms with Crippen LogP contribution in [-0.2, 0) is 16.3 Å². The van der Waals surface area contributed by atoms with E-state index in [1.54, 1.807) is 0 Å². The molecule has 1 N–H and O–H groups in total. The normalized spacial score (nSPS) is 11.5. The highest BCUT2D eigenvalue weighted by atomic mass is 32.2. The van der Waals surface area contributed by atoms with Crippen LogP contribution in [0.1, 0.15) is 23.4 Å². The van der Waals surface area contributed by atoms with Crippen LogP contribution in [0.3, 0.4) is 0 Å². The van der Waals surface area contributed by atoms with Crippen molar-refractivity contribution in [1.29, 1.82) is 0 Å². The smallest absolute Gasteiger partial charge is 0.288 e. The topological polar surface area (TPSA) is 115 Å². The van der Waals surface area contributed by atoms with Gasteiger partial charge in [0.2, 0.25) is 0 Å². The molecule has 0 spiro atoms. The summed E-state index contributed by atoms with van der Waals surface area (Å²) in [7, 11) is -3.68. The Hall–Kier alpha value is -2.42. The first-order chi connectivity index (χ1) is 11.2. The molecule has 0 saturated heterocycles. The fraction of sp³-hybridized carbons (Fsp3) is 0.400. The number of nitrogens with zero attached hydrogens (tertiary/aromatic N) is 2. The number of rotatable bonds is 7. The molecule has 130 valence electrons. The van der Waals surface area contributed by atoms with Crippen LogP contribution in [0.4, 0.5) is 11.4 Å². The van der Waals surface area contributed by atoms with Crippen LogP contribution in [0.2, 0.25) is 0 Å². The first-order valence-corrected chi connectivity index (χ1v) is 9.23. The fourth-order valence-electron chi connectivity index (χ4n) is 2.43. The molecule has 8 nitrogen and oxygen atoms in total. The molecular weight excluding hydrogens is 334 g/mol. The Labute approximate surface area is 139 Å². The third kappa shape index (κ3) is 4.10. The van der Waals surface area contributed by atoms with Gasteiger partial charge < -0.3 is 9.84 Å². The number of aromatic nitrogens is 1. The van der Waals surface area contributed by atoms with E-state index in [0.717, 1.165) is 36.1 Å². The maximum absolute atomic E-state index is 11.7. The van der Waals surface area contributed by atoms with Crippen molar-refractivity contribution in [2.45, 2.75) is 31.6 Å². The summed E-state index contributed by atoms with van der Waals surface area (Å²) in [5.41, 5.74) is 2.04. The molecule has 9 heteroatoms. The third-order valence-electron chi connectivity index (χ3n) is 3.67. The lowest BCUT2D eigenvalue weighted by atomic mass is 10.1. The summed E-state index contributed by atoms with van der Waals surface area (Å²) in [6.07, 6.45) is 2.52. The molecule has 24 heavy (non-hydrogen) atoms. The second-order valence-corrected chi connectivity index (χ2v) is 7.53. The summed E-state index contributed by atoms with van der Waals surface area (Å²) in [5, 5.41) is 17.9. The van der Waals surface area contributed by atoms with Crippen LogP contribution >= 0.6 is 0 Å². The molecule has 0 unspecified atom stereocenters. The standard InChI is InChI=1S/C15H19N3O5S/c1-10-13(11(2)23-17-10)5-4-8-16-12-6-7-14(18(19)20)15(9-12)24(3,21)22/h6-7,9,16H,4-5,8H2,1-3H3. The number of nitro groups is 1. The molecule has 2 aromatic rings. The van der Waals surface area contributed by atoms with Crippen molar-refractivity contribution in [3.63, 3.8) is 0 Å². The predicted octanol–water partition coefficient (Wildman–Crippen LogP) is 2.65. The zero-order valence-electron chi connectivity index (χ0n) is 13.7. The highest BCUT2D eigenvalue weighted by Gasteiger charge is 2.22. The van der Waals surface area contributed by atoms with Gasteiger partial charge in [-0.3, -0.25) is 10.1 Å². The summed E-state index contributed by atoms with van der Waals surface area (Å²) in [4.78, 5) is 9.96. The van der Waals surface area contributed by atoms with Crippen LogP contribution in [0, 0.1) is 24.0 Å². The Morgan fingerprint density at radius 3 is 2.58 bits per heavy atom. The lowest BCUT2D eigenvalue weighted by molar-refractivity contribution is -0.387. The van der Waals surface area contributed by atoms with Gasteiger partial charge in [-0.05, 0) is 38.8 Å². The number of sulfone groups is 1. The molecule has 1 heterocycles. The minimum atomic E-state index is -3.68. The summed E-state index contributed by atoms with van der Waals surface area (Å²) in [6.45, 7) is 4.33. The molecule has 2 rings (SSSR count). The van der Waals surface area contributed by atoms with Gasteiger partial charge in [0.05, 0.1) is 10.6 Å². The number of benzene rings is 1. The summed E-state index contributed by atoms with van der Waals surface area (Å²) in [5.74, 6) is 0.794. The van der Waals surface area contributed by atoms with E-state index in [2.05, 4.69) is 10.5 Å². The second-order valence-electron chi connectivity index (χ2n) is 5.54. The van der Waals surface area contributed by atoms with Crippen molar-refractivity contribution in [2.24, 2.45) is 0 Å². The van der Waals surface area contributed by atoms with E-state index in [0.29, 0.717) is 12.2 Å². The number of hydrogen-bond acceptors (Lipinski definition) is 7. The van der Waals surface area contributed by atoms with Crippen molar-refractivity contribution in [1.82, 2.24) is 5.16 Å². The van der Waals surface area contributed by atoms with Gasteiger partial charge in [-0.1, -0.05) is 5.16 Å². The largest absolute Gasteiger partial charge is 0.385 e. The Morgan fingerprint density at radius 2 is 2.04 bits per heavy atom. The zero-order chi connectivity index (χ0) is 17.9. The molecule has 0 amide bonds. The van der Waals surface area contributed by atoms with E-state index in [1.165, 1.54) is 18.2 Å². The predicted molar refractivity (Wildman–Crippen MR) is 89.0 cm³/mol. The monoisotopic (exact) mass is 353 g/mol. The van der Waals surface area contributed by atoms with E-state index in [4.69, 9.17) is 4.52 Å². The highest BCUT2D eigenvalue weighted by Crippen LogP contribution is 2.27. The van der Waals surface area contributed by atoms with Gasteiger partial charge in [-0.2, -0.15) is 0 Å². The molecule has 1 aromatic carbocycles. The Kier molecular flexibility index (Phi) is 5.23. The quantitative estimate of drug-likeness (QED) is 0.462. The SMILES string of the molecule is Cc1noc(C)c1CCCNc1ccc([N+](=O)[O-])c(S(C)(=O)=O)c1. The number of aryl methyl sites for hydroxylation is 2. The number of hydrogen-bond donors (Lipinski definition) is 1. The minimum Gasteiger partial charge on any atom is -0.385 e. The molecule has 0 bridgehead atoms. The van der Waals surface area contributed by atoms with E-state index < -0.39 is 20.4 Å². The Balaban J connectivity index is 2.04. The average molecular weight is 353 g/mol. The number of nitrogens with one attached hydrogen (secondary N) is 1. The molecule has 1 aromatic heterocycles. The molecule has 0 aliphatic rings. The van der Waals surface area contributed by atoms with E-state index in [9.17, 15) is 18.5 Å². The van der Waals surface area contributed by atoms with Gasteiger partial charge in [0.1, 0.15) is 10.7 Å².